The number of anilines is 1. The summed E-state index contributed by atoms with van der Waals surface area (Å²) in [5.41, 5.74) is 1.84. The third-order valence-electron chi connectivity index (χ3n) is 6.90. The van der Waals surface area contributed by atoms with Crippen molar-refractivity contribution < 1.29 is 22.7 Å². The number of piperazine rings is 1. The van der Waals surface area contributed by atoms with Gasteiger partial charge in [0.15, 0.2) is 0 Å². The van der Waals surface area contributed by atoms with E-state index in [-0.39, 0.29) is 16.7 Å². The van der Waals surface area contributed by atoms with Crippen LogP contribution in [0.1, 0.15) is 25.3 Å². The Kier molecular flexibility index (Phi) is 7.86. The molecule has 0 bridgehead atoms. The SMILES string of the molecule is CCOc1ccc(S(=O)(=O)N2CCC(C(=O)N3CCN(c4ccccc4OC)CC3)CC2)cc1C. The Bertz CT molecular complexity index is 1140. The van der Waals surface area contributed by atoms with Gasteiger partial charge in [-0.05, 0) is 62.6 Å². The number of benzene rings is 2. The van der Waals surface area contributed by atoms with Crippen LogP contribution in [0.2, 0.25) is 0 Å². The number of amides is 1. The van der Waals surface area contributed by atoms with Gasteiger partial charge in [0.05, 0.1) is 24.3 Å². The number of piperidine rings is 1. The molecule has 0 aromatic heterocycles. The van der Waals surface area contributed by atoms with Crippen LogP contribution >= 0.6 is 0 Å². The van der Waals surface area contributed by atoms with Crippen LogP contribution < -0.4 is 14.4 Å². The molecule has 0 N–H and O–H groups in total. The first-order valence-electron chi connectivity index (χ1n) is 12.3. The fourth-order valence-corrected chi connectivity index (χ4v) is 6.46. The van der Waals surface area contributed by atoms with Gasteiger partial charge in [-0.25, -0.2) is 8.42 Å². The third kappa shape index (κ3) is 5.41. The van der Waals surface area contributed by atoms with E-state index in [2.05, 4.69) is 4.90 Å². The Morgan fingerprint density at radius 1 is 0.971 bits per heavy atom. The molecule has 2 heterocycles. The molecule has 0 atom stereocenters. The van der Waals surface area contributed by atoms with Crippen molar-refractivity contribution in [2.75, 3.05) is 57.9 Å². The minimum Gasteiger partial charge on any atom is -0.495 e. The van der Waals surface area contributed by atoms with Gasteiger partial charge in [-0.1, -0.05) is 12.1 Å². The number of hydrogen-bond donors (Lipinski definition) is 0. The first kappa shape index (κ1) is 25.3. The van der Waals surface area contributed by atoms with Crippen LogP contribution in [0, 0.1) is 12.8 Å². The summed E-state index contributed by atoms with van der Waals surface area (Å²) >= 11 is 0. The third-order valence-corrected chi connectivity index (χ3v) is 8.80. The van der Waals surface area contributed by atoms with Gasteiger partial charge in [-0.15, -0.1) is 0 Å². The van der Waals surface area contributed by atoms with Gasteiger partial charge in [-0.3, -0.25) is 4.79 Å². The zero-order valence-electron chi connectivity index (χ0n) is 20.8. The molecule has 0 saturated carbocycles. The molecule has 9 heteroatoms. The van der Waals surface area contributed by atoms with E-state index < -0.39 is 10.0 Å². The molecule has 2 fully saturated rings. The van der Waals surface area contributed by atoms with E-state index in [1.807, 2.05) is 43.0 Å². The highest BCUT2D eigenvalue weighted by molar-refractivity contribution is 7.89. The van der Waals surface area contributed by atoms with Crippen LogP contribution in [-0.4, -0.2) is 76.5 Å². The van der Waals surface area contributed by atoms with Crippen LogP contribution in [0.15, 0.2) is 47.4 Å². The number of nitrogens with zero attached hydrogens (tertiary/aromatic N) is 3. The van der Waals surface area contributed by atoms with Gasteiger partial charge in [0, 0.05) is 45.2 Å². The number of ether oxygens (including phenoxy) is 2. The number of carbonyl (C=O) groups is 1. The second kappa shape index (κ2) is 10.9. The molecule has 0 aliphatic carbocycles. The molecule has 0 spiro atoms. The molecule has 8 nitrogen and oxygen atoms in total. The van der Waals surface area contributed by atoms with Crippen LogP contribution in [0.5, 0.6) is 11.5 Å². The fraction of sp³-hybridized carbons (Fsp3) is 0.500. The topological polar surface area (TPSA) is 79.4 Å². The predicted molar refractivity (Wildman–Crippen MR) is 136 cm³/mol. The molecule has 2 aliphatic heterocycles. The van der Waals surface area contributed by atoms with E-state index in [1.54, 1.807) is 25.3 Å². The van der Waals surface area contributed by atoms with Crippen molar-refractivity contribution in [1.29, 1.82) is 0 Å². The first-order chi connectivity index (χ1) is 16.8. The lowest BCUT2D eigenvalue weighted by molar-refractivity contribution is -0.137. The molecule has 1 amide bonds. The van der Waals surface area contributed by atoms with Gasteiger partial charge >= 0.3 is 0 Å². The number of rotatable bonds is 7. The van der Waals surface area contributed by atoms with Crippen molar-refractivity contribution in [2.45, 2.75) is 31.6 Å². The van der Waals surface area contributed by atoms with E-state index in [0.29, 0.717) is 51.4 Å². The molecule has 2 aromatic rings. The summed E-state index contributed by atoms with van der Waals surface area (Å²) in [6, 6.07) is 12.9. The van der Waals surface area contributed by atoms with Crippen molar-refractivity contribution in [3.63, 3.8) is 0 Å². The van der Waals surface area contributed by atoms with Crippen molar-refractivity contribution in [3.8, 4) is 11.5 Å². The zero-order valence-corrected chi connectivity index (χ0v) is 21.6. The summed E-state index contributed by atoms with van der Waals surface area (Å²) < 4.78 is 38.9. The summed E-state index contributed by atoms with van der Waals surface area (Å²) in [5, 5.41) is 0. The van der Waals surface area contributed by atoms with Gasteiger partial charge < -0.3 is 19.3 Å². The smallest absolute Gasteiger partial charge is 0.243 e. The van der Waals surface area contributed by atoms with Crippen molar-refractivity contribution in [3.05, 3.63) is 48.0 Å². The minimum atomic E-state index is -3.60. The molecule has 35 heavy (non-hydrogen) atoms. The summed E-state index contributed by atoms with van der Waals surface area (Å²) in [5.74, 6) is 1.53. The summed E-state index contributed by atoms with van der Waals surface area (Å²) in [6.07, 6.45) is 1.08. The lowest BCUT2D eigenvalue weighted by Gasteiger charge is -2.39. The number of sulfonamides is 1. The lowest BCUT2D eigenvalue weighted by atomic mass is 9.96. The molecule has 0 radical (unpaired) electrons. The minimum absolute atomic E-state index is 0.138. The number of aryl methyl sites for hydroxylation is 1. The molecule has 4 rings (SSSR count). The summed E-state index contributed by atoms with van der Waals surface area (Å²) in [7, 11) is -1.93. The Morgan fingerprint density at radius 2 is 1.66 bits per heavy atom. The largest absolute Gasteiger partial charge is 0.495 e. The van der Waals surface area contributed by atoms with Crippen molar-refractivity contribution >= 4 is 21.6 Å². The molecule has 190 valence electrons. The van der Waals surface area contributed by atoms with Gasteiger partial charge in [0.1, 0.15) is 11.5 Å². The Morgan fingerprint density at radius 3 is 2.29 bits per heavy atom. The fourth-order valence-electron chi connectivity index (χ4n) is 4.91. The van der Waals surface area contributed by atoms with Crippen LogP contribution in [0.4, 0.5) is 5.69 Å². The first-order valence-corrected chi connectivity index (χ1v) is 13.7. The second-order valence-electron chi connectivity index (χ2n) is 9.02. The van der Waals surface area contributed by atoms with E-state index in [9.17, 15) is 13.2 Å². The average molecular weight is 502 g/mol. The van der Waals surface area contributed by atoms with Gasteiger partial charge in [0.25, 0.3) is 0 Å². The zero-order chi connectivity index (χ0) is 25.0. The van der Waals surface area contributed by atoms with E-state index in [1.165, 1.54) is 4.31 Å². The molecule has 2 saturated heterocycles. The molecular weight excluding hydrogens is 466 g/mol. The lowest BCUT2D eigenvalue weighted by Crippen LogP contribution is -2.52. The molecule has 2 aromatic carbocycles. The number of methoxy groups -OCH3 is 1. The quantitative estimate of drug-likeness (QED) is 0.580. The standard InChI is InChI=1S/C26H35N3O5S/c1-4-34-24-10-9-22(19-20(24)2)35(31,32)29-13-11-21(12-14-29)26(30)28-17-15-27(16-18-28)23-7-5-6-8-25(23)33-3/h5-10,19,21H,4,11-18H2,1-3H3. The number of hydrogen-bond acceptors (Lipinski definition) is 6. The van der Waals surface area contributed by atoms with Gasteiger partial charge in [-0.2, -0.15) is 4.31 Å². The molecule has 2 aliphatic rings. The Balaban J connectivity index is 1.32. The van der Waals surface area contributed by atoms with E-state index >= 15 is 0 Å². The summed E-state index contributed by atoms with van der Waals surface area (Å²) in [4.78, 5) is 17.6. The van der Waals surface area contributed by atoms with Crippen molar-refractivity contribution in [2.24, 2.45) is 5.92 Å². The Hall–Kier alpha value is -2.78. The number of para-hydroxylation sites is 2. The van der Waals surface area contributed by atoms with E-state index in [4.69, 9.17) is 9.47 Å². The van der Waals surface area contributed by atoms with E-state index in [0.717, 1.165) is 30.1 Å². The number of carbonyl (C=O) groups excluding carboxylic acids is 1. The maximum absolute atomic E-state index is 13.2. The highest BCUT2D eigenvalue weighted by Gasteiger charge is 2.35. The summed E-state index contributed by atoms with van der Waals surface area (Å²) in [6.45, 7) is 7.79. The second-order valence-corrected chi connectivity index (χ2v) is 11.0. The highest BCUT2D eigenvalue weighted by atomic mass is 32.2. The molecule has 0 unspecified atom stereocenters. The van der Waals surface area contributed by atoms with Crippen molar-refractivity contribution in [1.82, 2.24) is 9.21 Å². The highest BCUT2D eigenvalue weighted by Crippen LogP contribution is 2.30. The predicted octanol–water partition coefficient (Wildman–Crippen LogP) is 3.15. The monoisotopic (exact) mass is 501 g/mol. The van der Waals surface area contributed by atoms with Crippen LogP contribution in [-0.2, 0) is 14.8 Å². The Labute approximate surface area is 208 Å². The average Bonchev–Trinajstić information content (AvgIpc) is 2.89. The maximum Gasteiger partial charge on any atom is 0.243 e. The normalized spacial score (nSPS) is 17.9. The maximum atomic E-state index is 13.2. The van der Waals surface area contributed by atoms with Crippen LogP contribution in [0.3, 0.4) is 0 Å². The molecular formula is C26H35N3O5S. The van der Waals surface area contributed by atoms with Crippen LogP contribution in [0.25, 0.3) is 0 Å². The van der Waals surface area contributed by atoms with Gasteiger partial charge in [0.2, 0.25) is 15.9 Å².